The molecule has 0 aliphatic rings. The van der Waals surface area contributed by atoms with Crippen LogP contribution in [0.25, 0.3) is 0 Å². The Morgan fingerprint density at radius 1 is 0.967 bits per heavy atom. The van der Waals surface area contributed by atoms with E-state index >= 15 is 0 Å². The van der Waals surface area contributed by atoms with Crippen LogP contribution in [0.3, 0.4) is 0 Å². The van der Waals surface area contributed by atoms with E-state index in [1.807, 2.05) is 54.2 Å². The Balaban J connectivity index is 0. The summed E-state index contributed by atoms with van der Waals surface area (Å²) in [6.45, 7) is 8.57. The van der Waals surface area contributed by atoms with Gasteiger partial charge in [0.2, 0.25) is 0 Å². The molecule has 0 spiro atoms. The summed E-state index contributed by atoms with van der Waals surface area (Å²) in [6.07, 6.45) is 3.46. The zero-order valence-electron chi connectivity index (χ0n) is 20.2. The summed E-state index contributed by atoms with van der Waals surface area (Å²) in [4.78, 5) is 3.48. The predicted octanol–water partition coefficient (Wildman–Crippen LogP) is 2.35. The van der Waals surface area contributed by atoms with Crippen molar-refractivity contribution >= 4 is 11.9 Å². The molecular formula is C22H46N8. The Morgan fingerprint density at radius 2 is 1.50 bits per heavy atom. The number of nitrogens with zero attached hydrogens (tertiary/aromatic N) is 2. The SMILES string of the molecule is CC.CNC(C)CCCCN(C)C(=N)N.CNCc1ccccc1CN(C)C(=N)N. The van der Waals surface area contributed by atoms with Crippen LogP contribution in [0.15, 0.2) is 24.3 Å². The summed E-state index contributed by atoms with van der Waals surface area (Å²) >= 11 is 0. The first kappa shape index (κ1) is 29.9. The summed E-state index contributed by atoms with van der Waals surface area (Å²) < 4.78 is 0. The molecule has 0 saturated carbocycles. The molecule has 8 N–H and O–H groups in total. The Labute approximate surface area is 184 Å². The summed E-state index contributed by atoms with van der Waals surface area (Å²) in [5.74, 6) is 0.246. The van der Waals surface area contributed by atoms with Crippen molar-refractivity contribution in [2.75, 3.05) is 34.7 Å². The molecule has 0 aliphatic heterocycles. The van der Waals surface area contributed by atoms with E-state index in [0.717, 1.165) is 19.5 Å². The molecule has 0 saturated heterocycles. The molecule has 0 fully saturated rings. The van der Waals surface area contributed by atoms with Crippen LogP contribution in [-0.4, -0.2) is 62.5 Å². The first-order chi connectivity index (χ1) is 14.2. The van der Waals surface area contributed by atoms with Crippen molar-refractivity contribution in [3.63, 3.8) is 0 Å². The minimum atomic E-state index is 0.0919. The van der Waals surface area contributed by atoms with E-state index in [0.29, 0.717) is 12.6 Å². The highest BCUT2D eigenvalue weighted by atomic mass is 15.2. The van der Waals surface area contributed by atoms with E-state index in [4.69, 9.17) is 22.3 Å². The van der Waals surface area contributed by atoms with Crippen LogP contribution in [0.5, 0.6) is 0 Å². The maximum absolute atomic E-state index is 7.31. The molecule has 1 unspecified atom stereocenters. The van der Waals surface area contributed by atoms with Gasteiger partial charge in [-0.25, -0.2) is 0 Å². The lowest BCUT2D eigenvalue weighted by atomic mass is 10.1. The van der Waals surface area contributed by atoms with Crippen LogP contribution in [-0.2, 0) is 13.1 Å². The van der Waals surface area contributed by atoms with Gasteiger partial charge in [0.05, 0.1) is 0 Å². The van der Waals surface area contributed by atoms with E-state index in [1.54, 1.807) is 9.80 Å². The molecular weight excluding hydrogens is 376 g/mol. The second kappa shape index (κ2) is 18.7. The summed E-state index contributed by atoms with van der Waals surface area (Å²) in [5.41, 5.74) is 13.1. The molecule has 0 radical (unpaired) electrons. The monoisotopic (exact) mass is 422 g/mol. The Hall–Kier alpha value is -2.32. The van der Waals surface area contributed by atoms with Crippen molar-refractivity contribution < 1.29 is 0 Å². The minimum absolute atomic E-state index is 0.0919. The van der Waals surface area contributed by atoms with E-state index in [1.165, 1.54) is 24.0 Å². The van der Waals surface area contributed by atoms with Gasteiger partial charge in [0.25, 0.3) is 0 Å². The molecule has 174 valence electrons. The van der Waals surface area contributed by atoms with Crippen LogP contribution >= 0.6 is 0 Å². The first-order valence-electron chi connectivity index (χ1n) is 10.7. The van der Waals surface area contributed by atoms with Gasteiger partial charge in [0.1, 0.15) is 0 Å². The summed E-state index contributed by atoms with van der Waals surface area (Å²) in [6, 6.07) is 8.75. The Kier molecular flexibility index (Phi) is 18.6. The number of hydrogen-bond acceptors (Lipinski definition) is 4. The number of benzene rings is 1. The standard InChI is InChI=1S/C11H18N4.C9H22N4.C2H6/c1-14-7-9-5-3-4-6-10(9)8-15(2)11(12)13;1-8(12-2)6-4-5-7-13(3)9(10)11;1-2/h3-6,14H,7-8H2,1-2H3,(H3,12,13);8,12H,4-7H2,1-3H3,(H3,10,11);1-2H3. The fraction of sp³-hybridized carbons (Fsp3) is 0.636. The van der Waals surface area contributed by atoms with Gasteiger partial charge in [-0.05, 0) is 45.0 Å². The van der Waals surface area contributed by atoms with Crippen LogP contribution < -0.4 is 22.1 Å². The highest BCUT2D eigenvalue weighted by Crippen LogP contribution is 2.10. The van der Waals surface area contributed by atoms with Gasteiger partial charge in [-0.15, -0.1) is 0 Å². The number of nitrogens with one attached hydrogen (secondary N) is 4. The third-order valence-corrected chi connectivity index (χ3v) is 4.59. The Bertz CT molecular complexity index is 576. The van der Waals surface area contributed by atoms with E-state index < -0.39 is 0 Å². The number of hydrogen-bond donors (Lipinski definition) is 6. The number of guanidine groups is 2. The van der Waals surface area contributed by atoms with Gasteiger partial charge in [-0.3, -0.25) is 10.8 Å². The van der Waals surface area contributed by atoms with Crippen molar-refractivity contribution in [2.24, 2.45) is 11.5 Å². The molecule has 0 aromatic heterocycles. The lowest BCUT2D eigenvalue weighted by Crippen LogP contribution is -2.33. The maximum Gasteiger partial charge on any atom is 0.188 e. The normalized spacial score (nSPS) is 10.6. The zero-order chi connectivity index (χ0) is 23.5. The van der Waals surface area contributed by atoms with Crippen LogP contribution in [0.4, 0.5) is 0 Å². The second-order valence-electron chi connectivity index (χ2n) is 7.03. The van der Waals surface area contributed by atoms with Crippen LogP contribution in [0.2, 0.25) is 0 Å². The topological polar surface area (TPSA) is 130 Å². The Morgan fingerprint density at radius 3 is 1.97 bits per heavy atom. The number of rotatable bonds is 10. The first-order valence-corrected chi connectivity index (χ1v) is 10.7. The molecule has 1 rings (SSSR count). The number of nitrogens with two attached hydrogens (primary N) is 2. The van der Waals surface area contributed by atoms with Gasteiger partial charge >= 0.3 is 0 Å². The number of unbranched alkanes of at least 4 members (excludes halogenated alkanes) is 1. The van der Waals surface area contributed by atoms with Crippen molar-refractivity contribution in [1.82, 2.24) is 20.4 Å². The molecule has 1 aromatic rings. The third kappa shape index (κ3) is 14.6. The van der Waals surface area contributed by atoms with Gasteiger partial charge in [-0.1, -0.05) is 44.5 Å². The molecule has 0 amide bonds. The van der Waals surface area contributed by atoms with E-state index in [2.05, 4.69) is 29.7 Å². The highest BCUT2D eigenvalue weighted by molar-refractivity contribution is 5.74. The highest BCUT2D eigenvalue weighted by Gasteiger charge is 2.05. The van der Waals surface area contributed by atoms with E-state index in [9.17, 15) is 0 Å². The van der Waals surface area contributed by atoms with Gasteiger partial charge in [0, 0.05) is 39.8 Å². The smallest absolute Gasteiger partial charge is 0.188 e. The van der Waals surface area contributed by atoms with Crippen molar-refractivity contribution in [3.05, 3.63) is 35.4 Å². The molecule has 8 heteroatoms. The predicted molar refractivity (Wildman–Crippen MR) is 131 cm³/mol. The van der Waals surface area contributed by atoms with E-state index in [-0.39, 0.29) is 11.9 Å². The summed E-state index contributed by atoms with van der Waals surface area (Å²) in [5, 5.41) is 20.8. The summed E-state index contributed by atoms with van der Waals surface area (Å²) in [7, 11) is 7.57. The molecule has 0 heterocycles. The minimum Gasteiger partial charge on any atom is -0.370 e. The lowest BCUT2D eigenvalue weighted by molar-refractivity contribution is 0.446. The van der Waals surface area contributed by atoms with Crippen LogP contribution in [0.1, 0.15) is 51.2 Å². The molecule has 8 nitrogen and oxygen atoms in total. The largest absolute Gasteiger partial charge is 0.370 e. The fourth-order valence-corrected chi connectivity index (χ4v) is 2.48. The third-order valence-electron chi connectivity index (χ3n) is 4.59. The quantitative estimate of drug-likeness (QED) is 0.195. The van der Waals surface area contributed by atoms with Crippen LogP contribution in [0, 0.1) is 10.8 Å². The van der Waals surface area contributed by atoms with Gasteiger partial charge in [0.15, 0.2) is 11.9 Å². The fourth-order valence-electron chi connectivity index (χ4n) is 2.48. The van der Waals surface area contributed by atoms with Gasteiger partial charge < -0.3 is 31.9 Å². The molecule has 1 aromatic carbocycles. The lowest BCUT2D eigenvalue weighted by Gasteiger charge is -2.18. The van der Waals surface area contributed by atoms with Gasteiger partial charge in [-0.2, -0.15) is 0 Å². The zero-order valence-corrected chi connectivity index (χ0v) is 20.2. The molecule has 30 heavy (non-hydrogen) atoms. The van der Waals surface area contributed by atoms with Crippen molar-refractivity contribution in [3.8, 4) is 0 Å². The average molecular weight is 423 g/mol. The molecule has 0 aliphatic carbocycles. The van der Waals surface area contributed by atoms with Crippen molar-refractivity contribution in [1.29, 1.82) is 10.8 Å². The molecule has 0 bridgehead atoms. The maximum atomic E-state index is 7.31. The molecule has 1 atom stereocenters. The second-order valence-corrected chi connectivity index (χ2v) is 7.03. The van der Waals surface area contributed by atoms with Crippen molar-refractivity contribution in [2.45, 2.75) is 59.2 Å². The average Bonchev–Trinajstić information content (AvgIpc) is 2.74.